The van der Waals surface area contributed by atoms with Crippen LogP contribution in [0.2, 0.25) is 0 Å². The molecule has 6 nitrogen and oxygen atoms in total. The fourth-order valence-electron chi connectivity index (χ4n) is 1.73. The number of rotatable bonds is 3. The number of aliphatic hydroxyl groups excluding tert-OH is 2. The molecule has 88 valence electrons. The Labute approximate surface area is 94.0 Å². The number of hydrogen-bond donors (Lipinski definition) is 3. The molecule has 1 aliphatic heterocycles. The largest absolute Gasteiger partial charge is 0.389 e. The lowest BCUT2D eigenvalue weighted by Gasteiger charge is -2.16. The van der Waals surface area contributed by atoms with Crippen molar-refractivity contribution in [2.75, 3.05) is 29.9 Å². The average molecular weight is 224 g/mol. The molecule has 1 aromatic rings. The van der Waals surface area contributed by atoms with E-state index in [1.165, 1.54) is 0 Å². The van der Waals surface area contributed by atoms with E-state index in [1.807, 2.05) is 11.8 Å². The van der Waals surface area contributed by atoms with Crippen LogP contribution in [0.25, 0.3) is 0 Å². The number of hydrogen-bond acceptors (Lipinski definition) is 6. The number of β-amino-alcohol motifs (C(OH)–C–C–N with tert-alkyl or cyclic N) is 2. The van der Waals surface area contributed by atoms with Crippen LogP contribution < -0.4 is 10.2 Å². The molecule has 0 spiro atoms. The highest BCUT2D eigenvalue weighted by molar-refractivity contribution is 5.44. The number of aliphatic hydroxyl groups is 2. The molecule has 6 heteroatoms. The Balaban J connectivity index is 2.12. The summed E-state index contributed by atoms with van der Waals surface area (Å²) in [7, 11) is 0. The molecule has 1 fully saturated rings. The molecule has 2 rings (SSSR count). The topological polar surface area (TPSA) is 81.5 Å². The third-order valence-corrected chi connectivity index (χ3v) is 2.56. The zero-order chi connectivity index (χ0) is 11.5. The Morgan fingerprint density at radius 1 is 1.44 bits per heavy atom. The van der Waals surface area contributed by atoms with Gasteiger partial charge in [-0.25, -0.2) is 4.98 Å². The third-order valence-electron chi connectivity index (χ3n) is 2.56. The Morgan fingerprint density at radius 3 is 2.75 bits per heavy atom. The van der Waals surface area contributed by atoms with E-state index < -0.39 is 12.2 Å². The van der Waals surface area contributed by atoms with Gasteiger partial charge < -0.3 is 20.4 Å². The quantitative estimate of drug-likeness (QED) is 0.639. The average Bonchev–Trinajstić information content (AvgIpc) is 2.60. The Kier molecular flexibility index (Phi) is 3.21. The fraction of sp³-hybridized carbons (Fsp3) is 0.600. The first-order valence-electron chi connectivity index (χ1n) is 5.38. The summed E-state index contributed by atoms with van der Waals surface area (Å²) >= 11 is 0. The summed E-state index contributed by atoms with van der Waals surface area (Å²) in [5, 5.41) is 21.9. The standard InChI is InChI=1S/C10H16N4O2/c1-2-11-10-12-4-3-9(13-10)14-5-7(15)8(16)6-14/h3-4,7-8,15-16H,2,5-6H2,1H3,(H,11,12,13). The van der Waals surface area contributed by atoms with Gasteiger partial charge in [0.05, 0.1) is 12.2 Å². The van der Waals surface area contributed by atoms with Crippen LogP contribution in [0.4, 0.5) is 11.8 Å². The van der Waals surface area contributed by atoms with Gasteiger partial charge in [0.2, 0.25) is 5.95 Å². The van der Waals surface area contributed by atoms with Gasteiger partial charge in [-0.05, 0) is 13.0 Å². The third kappa shape index (κ3) is 2.23. The first-order chi connectivity index (χ1) is 7.70. The second-order valence-electron chi connectivity index (χ2n) is 3.81. The van der Waals surface area contributed by atoms with Crippen LogP contribution in [0.15, 0.2) is 12.3 Å². The maximum Gasteiger partial charge on any atom is 0.224 e. The molecule has 1 aliphatic rings. The predicted molar refractivity (Wildman–Crippen MR) is 60.4 cm³/mol. The summed E-state index contributed by atoms with van der Waals surface area (Å²) in [6.07, 6.45) is 0.271. The lowest BCUT2D eigenvalue weighted by Crippen LogP contribution is -2.22. The Morgan fingerprint density at radius 2 is 2.12 bits per heavy atom. The molecule has 2 atom stereocenters. The van der Waals surface area contributed by atoms with Crippen LogP contribution >= 0.6 is 0 Å². The number of nitrogens with one attached hydrogen (secondary N) is 1. The summed E-state index contributed by atoms with van der Waals surface area (Å²) in [6, 6.07) is 1.77. The van der Waals surface area contributed by atoms with Crippen molar-refractivity contribution in [1.29, 1.82) is 0 Å². The van der Waals surface area contributed by atoms with Gasteiger partial charge in [0.1, 0.15) is 5.82 Å². The lowest BCUT2D eigenvalue weighted by molar-refractivity contribution is 0.0572. The van der Waals surface area contributed by atoms with Crippen molar-refractivity contribution in [2.24, 2.45) is 0 Å². The summed E-state index contributed by atoms with van der Waals surface area (Å²) in [4.78, 5) is 10.2. The van der Waals surface area contributed by atoms with Gasteiger partial charge in [-0.1, -0.05) is 0 Å². The molecule has 1 saturated heterocycles. The monoisotopic (exact) mass is 224 g/mol. The molecular formula is C10H16N4O2. The van der Waals surface area contributed by atoms with Crippen LogP contribution in [0.5, 0.6) is 0 Å². The smallest absolute Gasteiger partial charge is 0.224 e. The van der Waals surface area contributed by atoms with Crippen molar-refractivity contribution >= 4 is 11.8 Å². The molecule has 0 aromatic carbocycles. The summed E-state index contributed by atoms with van der Waals surface area (Å²) in [5.41, 5.74) is 0. The van der Waals surface area contributed by atoms with Crippen LogP contribution in [-0.4, -0.2) is 52.0 Å². The molecule has 3 N–H and O–H groups in total. The molecular weight excluding hydrogens is 208 g/mol. The molecule has 0 aliphatic carbocycles. The summed E-state index contributed by atoms with van der Waals surface area (Å²) in [6.45, 7) is 3.54. The second kappa shape index (κ2) is 4.63. The van der Waals surface area contributed by atoms with Crippen molar-refractivity contribution in [2.45, 2.75) is 19.1 Å². The van der Waals surface area contributed by atoms with E-state index in [9.17, 15) is 10.2 Å². The lowest BCUT2D eigenvalue weighted by atomic mass is 10.3. The van der Waals surface area contributed by atoms with Gasteiger partial charge in [-0.2, -0.15) is 4.98 Å². The van der Waals surface area contributed by atoms with E-state index >= 15 is 0 Å². The van der Waals surface area contributed by atoms with Gasteiger partial charge in [0.15, 0.2) is 0 Å². The van der Waals surface area contributed by atoms with Crippen molar-refractivity contribution in [3.8, 4) is 0 Å². The highest BCUT2D eigenvalue weighted by Gasteiger charge is 2.30. The van der Waals surface area contributed by atoms with Crippen LogP contribution in [0, 0.1) is 0 Å². The Hall–Kier alpha value is -1.40. The second-order valence-corrected chi connectivity index (χ2v) is 3.81. The van der Waals surface area contributed by atoms with Gasteiger partial charge in [0, 0.05) is 25.8 Å². The van der Waals surface area contributed by atoms with Gasteiger partial charge in [-0.15, -0.1) is 0 Å². The highest BCUT2D eigenvalue weighted by atomic mass is 16.3. The highest BCUT2D eigenvalue weighted by Crippen LogP contribution is 2.18. The zero-order valence-electron chi connectivity index (χ0n) is 9.17. The van der Waals surface area contributed by atoms with Crippen molar-refractivity contribution in [1.82, 2.24) is 9.97 Å². The summed E-state index contributed by atoms with van der Waals surface area (Å²) < 4.78 is 0. The maximum atomic E-state index is 9.45. The van der Waals surface area contributed by atoms with Gasteiger partial charge in [0.25, 0.3) is 0 Å². The molecule has 2 heterocycles. The van der Waals surface area contributed by atoms with Crippen LogP contribution in [-0.2, 0) is 0 Å². The van der Waals surface area contributed by atoms with Gasteiger partial charge in [-0.3, -0.25) is 0 Å². The SMILES string of the molecule is CCNc1nccc(N2CC(O)C(O)C2)n1. The first kappa shape index (κ1) is 11.1. The molecule has 0 saturated carbocycles. The normalized spacial score (nSPS) is 24.8. The van der Waals surface area contributed by atoms with Crippen molar-refractivity contribution in [3.05, 3.63) is 12.3 Å². The van der Waals surface area contributed by atoms with E-state index in [2.05, 4.69) is 15.3 Å². The van der Waals surface area contributed by atoms with Crippen molar-refractivity contribution in [3.63, 3.8) is 0 Å². The summed E-state index contributed by atoms with van der Waals surface area (Å²) in [5.74, 6) is 1.29. The molecule has 0 bridgehead atoms. The number of nitrogens with zero attached hydrogens (tertiary/aromatic N) is 3. The minimum absolute atomic E-state index is 0.406. The minimum Gasteiger partial charge on any atom is -0.389 e. The molecule has 0 radical (unpaired) electrons. The predicted octanol–water partition coefficient (Wildman–Crippen LogP) is -0.550. The van der Waals surface area contributed by atoms with E-state index in [4.69, 9.17) is 0 Å². The number of anilines is 2. The van der Waals surface area contributed by atoms with Crippen molar-refractivity contribution < 1.29 is 10.2 Å². The van der Waals surface area contributed by atoms with E-state index in [1.54, 1.807) is 12.3 Å². The molecule has 1 aromatic heterocycles. The fourth-order valence-corrected chi connectivity index (χ4v) is 1.73. The zero-order valence-corrected chi connectivity index (χ0v) is 9.17. The Bertz CT molecular complexity index is 350. The van der Waals surface area contributed by atoms with Crippen LogP contribution in [0.1, 0.15) is 6.92 Å². The van der Waals surface area contributed by atoms with Crippen LogP contribution in [0.3, 0.4) is 0 Å². The molecule has 16 heavy (non-hydrogen) atoms. The molecule has 0 amide bonds. The maximum absolute atomic E-state index is 9.45. The molecule has 2 unspecified atom stereocenters. The first-order valence-corrected chi connectivity index (χ1v) is 5.38. The van der Waals surface area contributed by atoms with E-state index in [-0.39, 0.29) is 0 Å². The van der Waals surface area contributed by atoms with Gasteiger partial charge >= 0.3 is 0 Å². The minimum atomic E-state index is -0.697. The van der Waals surface area contributed by atoms with E-state index in [0.717, 1.165) is 12.4 Å². The number of aromatic nitrogens is 2. The van der Waals surface area contributed by atoms with E-state index in [0.29, 0.717) is 19.0 Å².